The zero-order chi connectivity index (χ0) is 13.4. The highest BCUT2D eigenvalue weighted by atomic mass is 79.9. The molecule has 18 heavy (non-hydrogen) atoms. The number of halogens is 1. The molecule has 1 aromatic carbocycles. The molecule has 0 saturated heterocycles. The lowest BCUT2D eigenvalue weighted by Gasteiger charge is -2.14. The van der Waals surface area contributed by atoms with E-state index in [2.05, 4.69) is 26.6 Å². The average Bonchev–Trinajstić information content (AvgIpc) is 2.37. The van der Waals surface area contributed by atoms with Crippen molar-refractivity contribution in [2.24, 2.45) is 0 Å². The molecular formula is C12H17BrN2O3. The minimum absolute atomic E-state index is 0.255. The van der Waals surface area contributed by atoms with Gasteiger partial charge in [-0.05, 0) is 17.7 Å². The van der Waals surface area contributed by atoms with Gasteiger partial charge in [-0.25, -0.2) is 4.79 Å². The number of hydrogen-bond acceptors (Lipinski definition) is 3. The summed E-state index contributed by atoms with van der Waals surface area (Å²) in [5.74, 6) is 0. The molecule has 0 aliphatic heterocycles. The summed E-state index contributed by atoms with van der Waals surface area (Å²) in [4.78, 5) is 11.5. The van der Waals surface area contributed by atoms with E-state index >= 15 is 0 Å². The largest absolute Gasteiger partial charge is 0.354 e. The summed E-state index contributed by atoms with van der Waals surface area (Å²) < 4.78 is 10.9. The number of hydrogen-bond donors (Lipinski definition) is 2. The quantitative estimate of drug-likeness (QED) is 0.788. The molecule has 1 aromatic rings. The van der Waals surface area contributed by atoms with Gasteiger partial charge in [0.15, 0.2) is 6.29 Å². The molecule has 100 valence electrons. The second-order valence-electron chi connectivity index (χ2n) is 3.59. The first-order chi connectivity index (χ1) is 8.65. The zero-order valence-corrected chi connectivity index (χ0v) is 12.0. The fraction of sp³-hybridized carbons (Fsp3) is 0.417. The minimum Gasteiger partial charge on any atom is -0.354 e. The van der Waals surface area contributed by atoms with E-state index in [0.29, 0.717) is 13.1 Å². The Bertz CT molecular complexity index is 383. The summed E-state index contributed by atoms with van der Waals surface area (Å²) in [6.07, 6.45) is -0.429. The lowest BCUT2D eigenvalue weighted by atomic mass is 10.2. The van der Waals surface area contributed by atoms with Gasteiger partial charge in [0.05, 0.1) is 6.54 Å². The summed E-state index contributed by atoms with van der Waals surface area (Å²) in [5, 5.41) is 5.41. The molecule has 2 N–H and O–H groups in total. The first kappa shape index (κ1) is 14.9. The standard InChI is InChI=1S/C12H17BrN2O3/c1-17-11(18-2)8-15-12(16)14-7-9-4-3-5-10(13)6-9/h3-6,11H,7-8H2,1-2H3,(H2,14,15,16). The van der Waals surface area contributed by atoms with E-state index in [4.69, 9.17) is 9.47 Å². The van der Waals surface area contributed by atoms with Crippen LogP contribution in [-0.4, -0.2) is 33.1 Å². The predicted octanol–water partition coefficient (Wildman–Crippen LogP) is 1.87. The summed E-state index contributed by atoms with van der Waals surface area (Å²) in [7, 11) is 3.05. The number of ether oxygens (including phenoxy) is 2. The van der Waals surface area contributed by atoms with E-state index < -0.39 is 6.29 Å². The van der Waals surface area contributed by atoms with Crippen LogP contribution >= 0.6 is 15.9 Å². The summed E-state index contributed by atoms with van der Waals surface area (Å²) in [5.41, 5.74) is 1.02. The molecule has 0 aliphatic rings. The molecule has 0 radical (unpaired) electrons. The number of carbonyl (C=O) groups excluding carboxylic acids is 1. The third-order valence-corrected chi connectivity index (χ3v) is 2.79. The molecule has 1 rings (SSSR count). The summed E-state index contributed by atoms with van der Waals surface area (Å²) in [6.45, 7) is 0.771. The van der Waals surface area contributed by atoms with E-state index in [1.54, 1.807) is 0 Å². The molecule has 0 aromatic heterocycles. The number of amides is 2. The number of benzene rings is 1. The first-order valence-electron chi connectivity index (χ1n) is 5.47. The maximum atomic E-state index is 11.5. The normalized spacial score (nSPS) is 10.4. The Morgan fingerprint density at radius 2 is 2.06 bits per heavy atom. The van der Waals surface area contributed by atoms with Crippen LogP contribution in [0.2, 0.25) is 0 Å². The van der Waals surface area contributed by atoms with Crippen molar-refractivity contribution in [1.82, 2.24) is 10.6 Å². The number of nitrogens with one attached hydrogen (secondary N) is 2. The molecule has 0 aliphatic carbocycles. The molecule has 0 heterocycles. The van der Waals surface area contributed by atoms with Crippen molar-refractivity contribution in [2.75, 3.05) is 20.8 Å². The van der Waals surface area contributed by atoms with Crippen molar-refractivity contribution in [1.29, 1.82) is 0 Å². The Kier molecular flexibility index (Phi) is 6.70. The van der Waals surface area contributed by atoms with Crippen LogP contribution in [0, 0.1) is 0 Å². The zero-order valence-electron chi connectivity index (χ0n) is 10.4. The van der Waals surface area contributed by atoms with Crippen molar-refractivity contribution in [3.8, 4) is 0 Å². The van der Waals surface area contributed by atoms with Gasteiger partial charge in [0, 0.05) is 25.2 Å². The Labute approximate surface area is 115 Å². The Hall–Kier alpha value is -1.11. The van der Waals surface area contributed by atoms with Crippen LogP contribution in [0.4, 0.5) is 4.79 Å². The van der Waals surface area contributed by atoms with Gasteiger partial charge in [-0.3, -0.25) is 0 Å². The van der Waals surface area contributed by atoms with Crippen LogP contribution in [-0.2, 0) is 16.0 Å². The molecule has 0 saturated carbocycles. The van der Waals surface area contributed by atoms with Crippen molar-refractivity contribution < 1.29 is 14.3 Å². The SMILES string of the molecule is COC(CNC(=O)NCc1cccc(Br)c1)OC. The molecule has 2 amide bonds. The topological polar surface area (TPSA) is 59.6 Å². The van der Waals surface area contributed by atoms with Crippen LogP contribution in [0.25, 0.3) is 0 Å². The van der Waals surface area contributed by atoms with Gasteiger partial charge in [0.2, 0.25) is 0 Å². The van der Waals surface area contributed by atoms with E-state index in [-0.39, 0.29) is 6.03 Å². The van der Waals surface area contributed by atoms with Gasteiger partial charge < -0.3 is 20.1 Å². The lowest BCUT2D eigenvalue weighted by molar-refractivity contribution is -0.0971. The Morgan fingerprint density at radius 3 is 2.67 bits per heavy atom. The van der Waals surface area contributed by atoms with Gasteiger partial charge >= 0.3 is 6.03 Å². The third kappa shape index (κ3) is 5.48. The van der Waals surface area contributed by atoms with Crippen LogP contribution in [0.5, 0.6) is 0 Å². The second kappa shape index (κ2) is 8.07. The fourth-order valence-electron chi connectivity index (χ4n) is 1.33. The van der Waals surface area contributed by atoms with Crippen molar-refractivity contribution >= 4 is 22.0 Å². The number of methoxy groups -OCH3 is 2. The minimum atomic E-state index is -0.429. The highest BCUT2D eigenvalue weighted by Crippen LogP contribution is 2.11. The summed E-state index contributed by atoms with van der Waals surface area (Å²) in [6, 6.07) is 7.50. The third-order valence-electron chi connectivity index (χ3n) is 2.30. The van der Waals surface area contributed by atoms with Crippen molar-refractivity contribution in [3.05, 3.63) is 34.3 Å². The lowest BCUT2D eigenvalue weighted by Crippen LogP contribution is -2.40. The molecular weight excluding hydrogens is 300 g/mol. The molecule has 0 bridgehead atoms. The molecule has 0 unspecified atom stereocenters. The predicted molar refractivity (Wildman–Crippen MR) is 72.2 cm³/mol. The first-order valence-corrected chi connectivity index (χ1v) is 6.26. The van der Waals surface area contributed by atoms with Gasteiger partial charge in [-0.15, -0.1) is 0 Å². The fourth-order valence-corrected chi connectivity index (χ4v) is 1.78. The van der Waals surface area contributed by atoms with Crippen LogP contribution in [0.1, 0.15) is 5.56 Å². The maximum Gasteiger partial charge on any atom is 0.315 e. The highest BCUT2D eigenvalue weighted by molar-refractivity contribution is 9.10. The maximum absolute atomic E-state index is 11.5. The van der Waals surface area contributed by atoms with Gasteiger partial charge in [-0.2, -0.15) is 0 Å². The average molecular weight is 317 g/mol. The molecule has 5 nitrogen and oxygen atoms in total. The number of carbonyl (C=O) groups is 1. The highest BCUT2D eigenvalue weighted by Gasteiger charge is 2.07. The van der Waals surface area contributed by atoms with Crippen LogP contribution < -0.4 is 10.6 Å². The number of urea groups is 1. The van der Waals surface area contributed by atoms with Gasteiger partial charge in [-0.1, -0.05) is 28.1 Å². The Morgan fingerprint density at radius 1 is 1.33 bits per heavy atom. The molecule has 0 fully saturated rings. The molecule has 0 spiro atoms. The van der Waals surface area contributed by atoms with E-state index in [9.17, 15) is 4.79 Å². The smallest absolute Gasteiger partial charge is 0.315 e. The van der Waals surface area contributed by atoms with Crippen molar-refractivity contribution in [2.45, 2.75) is 12.8 Å². The van der Waals surface area contributed by atoms with Crippen LogP contribution in [0.3, 0.4) is 0 Å². The van der Waals surface area contributed by atoms with Crippen LogP contribution in [0.15, 0.2) is 28.7 Å². The van der Waals surface area contributed by atoms with E-state index in [0.717, 1.165) is 10.0 Å². The molecule has 6 heteroatoms. The van der Waals surface area contributed by atoms with E-state index in [1.807, 2.05) is 24.3 Å². The Balaban J connectivity index is 2.29. The summed E-state index contributed by atoms with van der Waals surface area (Å²) >= 11 is 3.38. The van der Waals surface area contributed by atoms with Crippen molar-refractivity contribution in [3.63, 3.8) is 0 Å². The number of rotatable bonds is 6. The monoisotopic (exact) mass is 316 g/mol. The van der Waals surface area contributed by atoms with Gasteiger partial charge in [0.25, 0.3) is 0 Å². The van der Waals surface area contributed by atoms with E-state index in [1.165, 1.54) is 14.2 Å². The second-order valence-corrected chi connectivity index (χ2v) is 4.51. The molecule has 0 atom stereocenters. The van der Waals surface area contributed by atoms with Gasteiger partial charge in [0.1, 0.15) is 0 Å².